The third-order valence-electron chi connectivity index (χ3n) is 2.93. The molecular formula is C14H17N5. The van der Waals surface area contributed by atoms with Crippen LogP contribution in [0.25, 0.3) is 5.69 Å². The molecule has 98 valence electrons. The molecule has 2 aromatic rings. The smallest absolute Gasteiger partial charge is 0.252 e. The van der Waals surface area contributed by atoms with Crippen LogP contribution in [-0.4, -0.2) is 21.3 Å². The zero-order chi connectivity index (χ0) is 13.7. The van der Waals surface area contributed by atoms with Gasteiger partial charge in [-0.05, 0) is 37.6 Å². The molecule has 2 rings (SSSR count). The summed E-state index contributed by atoms with van der Waals surface area (Å²) in [6.07, 6.45) is 2.67. The Kier molecular flexibility index (Phi) is 4.26. The quantitative estimate of drug-likeness (QED) is 0.889. The van der Waals surface area contributed by atoms with Gasteiger partial charge in [-0.3, -0.25) is 0 Å². The van der Waals surface area contributed by atoms with Crippen LogP contribution in [0.2, 0.25) is 0 Å². The first-order chi connectivity index (χ1) is 9.24. The van der Waals surface area contributed by atoms with Crippen molar-refractivity contribution < 1.29 is 0 Å². The Bertz CT molecular complexity index is 582. The van der Waals surface area contributed by atoms with Gasteiger partial charge in [0.1, 0.15) is 12.4 Å². The van der Waals surface area contributed by atoms with Crippen molar-refractivity contribution in [2.45, 2.75) is 26.3 Å². The number of benzene rings is 1. The summed E-state index contributed by atoms with van der Waals surface area (Å²) >= 11 is 0. The molecule has 5 nitrogen and oxygen atoms in total. The Morgan fingerprint density at radius 3 is 3.00 bits per heavy atom. The van der Waals surface area contributed by atoms with Crippen molar-refractivity contribution in [3.63, 3.8) is 0 Å². The highest BCUT2D eigenvalue weighted by Crippen LogP contribution is 2.16. The standard InChI is InChI=1S/C14H17N5/c1-3-7-16-11(2)12-5-4-6-13(8-12)19-10-17-14(9-15)18-19/h4-6,8,10-11,16H,3,7H2,1-2H3. The summed E-state index contributed by atoms with van der Waals surface area (Å²) < 4.78 is 1.62. The zero-order valence-electron chi connectivity index (χ0n) is 11.2. The summed E-state index contributed by atoms with van der Waals surface area (Å²) in [4.78, 5) is 3.91. The molecule has 1 aromatic carbocycles. The average molecular weight is 255 g/mol. The van der Waals surface area contributed by atoms with E-state index in [1.165, 1.54) is 5.56 Å². The highest BCUT2D eigenvalue weighted by molar-refractivity contribution is 5.36. The van der Waals surface area contributed by atoms with Crippen molar-refractivity contribution in [3.8, 4) is 11.8 Å². The second kappa shape index (κ2) is 6.12. The summed E-state index contributed by atoms with van der Waals surface area (Å²) in [6.45, 7) is 5.28. The third kappa shape index (κ3) is 3.18. The molecule has 0 aliphatic rings. The minimum absolute atomic E-state index is 0.183. The van der Waals surface area contributed by atoms with Crippen LogP contribution in [0.1, 0.15) is 37.7 Å². The van der Waals surface area contributed by atoms with E-state index in [2.05, 4.69) is 41.4 Å². The van der Waals surface area contributed by atoms with Crippen LogP contribution in [0.4, 0.5) is 0 Å². The van der Waals surface area contributed by atoms with E-state index in [-0.39, 0.29) is 5.82 Å². The molecule has 0 fully saturated rings. The van der Waals surface area contributed by atoms with Gasteiger partial charge in [0.05, 0.1) is 5.69 Å². The second-order valence-electron chi connectivity index (χ2n) is 4.40. The van der Waals surface area contributed by atoms with Crippen LogP contribution in [0.3, 0.4) is 0 Å². The Morgan fingerprint density at radius 2 is 2.32 bits per heavy atom. The van der Waals surface area contributed by atoms with Crippen molar-refractivity contribution in [3.05, 3.63) is 42.0 Å². The fourth-order valence-corrected chi connectivity index (χ4v) is 1.85. The lowest BCUT2D eigenvalue weighted by atomic mass is 10.1. The topological polar surface area (TPSA) is 66.5 Å². The highest BCUT2D eigenvalue weighted by Gasteiger charge is 2.07. The van der Waals surface area contributed by atoms with E-state index in [4.69, 9.17) is 5.26 Å². The van der Waals surface area contributed by atoms with Gasteiger partial charge in [-0.2, -0.15) is 5.26 Å². The van der Waals surface area contributed by atoms with Crippen LogP contribution >= 0.6 is 0 Å². The Labute approximate surface area is 112 Å². The summed E-state index contributed by atoms with van der Waals surface area (Å²) in [5.41, 5.74) is 2.11. The normalized spacial score (nSPS) is 12.1. The minimum Gasteiger partial charge on any atom is -0.310 e. The van der Waals surface area contributed by atoms with Gasteiger partial charge in [0.2, 0.25) is 0 Å². The molecule has 0 radical (unpaired) electrons. The Hall–Kier alpha value is -2.19. The molecule has 0 aliphatic carbocycles. The largest absolute Gasteiger partial charge is 0.310 e. The molecule has 0 aliphatic heterocycles. The van der Waals surface area contributed by atoms with E-state index in [0.29, 0.717) is 6.04 Å². The van der Waals surface area contributed by atoms with Crippen LogP contribution in [0.15, 0.2) is 30.6 Å². The molecule has 0 bridgehead atoms. The minimum atomic E-state index is 0.183. The summed E-state index contributed by atoms with van der Waals surface area (Å²) in [5.74, 6) is 0.183. The van der Waals surface area contributed by atoms with Gasteiger partial charge in [-0.25, -0.2) is 9.67 Å². The number of hydrogen-bond donors (Lipinski definition) is 1. The monoisotopic (exact) mass is 255 g/mol. The molecule has 1 unspecified atom stereocenters. The first-order valence-electron chi connectivity index (χ1n) is 6.40. The van der Waals surface area contributed by atoms with Gasteiger partial charge >= 0.3 is 0 Å². The second-order valence-corrected chi connectivity index (χ2v) is 4.40. The lowest BCUT2D eigenvalue weighted by Gasteiger charge is -2.14. The molecule has 0 amide bonds. The van der Waals surface area contributed by atoms with Gasteiger partial charge in [0, 0.05) is 6.04 Å². The van der Waals surface area contributed by atoms with Crippen LogP contribution in [0.5, 0.6) is 0 Å². The lowest BCUT2D eigenvalue weighted by Crippen LogP contribution is -2.19. The fourth-order valence-electron chi connectivity index (χ4n) is 1.85. The fraction of sp³-hybridized carbons (Fsp3) is 0.357. The van der Waals surface area contributed by atoms with E-state index in [1.54, 1.807) is 11.0 Å². The molecule has 0 saturated heterocycles. The molecule has 1 aromatic heterocycles. The molecular weight excluding hydrogens is 238 g/mol. The van der Waals surface area contributed by atoms with Crippen LogP contribution in [-0.2, 0) is 0 Å². The predicted molar refractivity (Wildman–Crippen MR) is 72.8 cm³/mol. The number of nitrogens with zero attached hydrogens (tertiary/aromatic N) is 4. The number of nitrogens with one attached hydrogen (secondary N) is 1. The molecule has 1 heterocycles. The van der Waals surface area contributed by atoms with E-state index >= 15 is 0 Å². The zero-order valence-corrected chi connectivity index (χ0v) is 11.2. The molecule has 1 atom stereocenters. The maximum Gasteiger partial charge on any atom is 0.252 e. The van der Waals surface area contributed by atoms with Crippen molar-refractivity contribution in [2.24, 2.45) is 0 Å². The first-order valence-corrected chi connectivity index (χ1v) is 6.40. The van der Waals surface area contributed by atoms with Crippen molar-refractivity contribution >= 4 is 0 Å². The Morgan fingerprint density at radius 1 is 1.47 bits per heavy atom. The molecule has 0 spiro atoms. The predicted octanol–water partition coefficient (Wildman–Crippen LogP) is 2.20. The van der Waals surface area contributed by atoms with Gasteiger partial charge in [-0.1, -0.05) is 19.1 Å². The maximum absolute atomic E-state index is 8.74. The van der Waals surface area contributed by atoms with Crippen molar-refractivity contribution in [1.29, 1.82) is 5.26 Å². The van der Waals surface area contributed by atoms with Crippen molar-refractivity contribution in [2.75, 3.05) is 6.54 Å². The van der Waals surface area contributed by atoms with Crippen molar-refractivity contribution in [1.82, 2.24) is 20.1 Å². The van der Waals surface area contributed by atoms with Gasteiger partial charge in [0.25, 0.3) is 5.82 Å². The molecule has 19 heavy (non-hydrogen) atoms. The highest BCUT2D eigenvalue weighted by atomic mass is 15.3. The van der Waals surface area contributed by atoms with E-state index < -0.39 is 0 Å². The van der Waals surface area contributed by atoms with E-state index in [1.807, 2.05) is 18.2 Å². The number of hydrogen-bond acceptors (Lipinski definition) is 4. The molecule has 1 N–H and O–H groups in total. The number of nitriles is 1. The van der Waals surface area contributed by atoms with Gasteiger partial charge in [0.15, 0.2) is 0 Å². The molecule has 0 saturated carbocycles. The van der Waals surface area contributed by atoms with Gasteiger partial charge < -0.3 is 5.32 Å². The summed E-state index contributed by atoms with van der Waals surface area (Å²) in [5, 5.41) is 16.3. The molecule has 5 heteroatoms. The first kappa shape index (κ1) is 13.2. The summed E-state index contributed by atoms with van der Waals surface area (Å²) in [7, 11) is 0. The van der Waals surface area contributed by atoms with Gasteiger partial charge in [-0.15, -0.1) is 5.10 Å². The van der Waals surface area contributed by atoms with Crippen LogP contribution < -0.4 is 5.32 Å². The lowest BCUT2D eigenvalue weighted by molar-refractivity contribution is 0.570. The average Bonchev–Trinajstić information content (AvgIpc) is 2.94. The SMILES string of the molecule is CCCNC(C)c1cccc(-n2cnc(C#N)n2)c1. The summed E-state index contributed by atoms with van der Waals surface area (Å²) in [6, 6.07) is 10.3. The van der Waals surface area contributed by atoms with E-state index in [0.717, 1.165) is 18.7 Å². The van der Waals surface area contributed by atoms with Crippen LogP contribution in [0, 0.1) is 11.3 Å². The number of rotatable bonds is 5. The Balaban J connectivity index is 2.21. The maximum atomic E-state index is 8.74. The number of aromatic nitrogens is 3. The van der Waals surface area contributed by atoms with E-state index in [9.17, 15) is 0 Å². The third-order valence-corrected chi connectivity index (χ3v) is 2.93.